The number of aromatic nitrogens is 3. The van der Waals surface area contributed by atoms with Crippen molar-refractivity contribution >= 4 is 28.4 Å². The van der Waals surface area contributed by atoms with Crippen molar-refractivity contribution in [1.82, 2.24) is 19.9 Å². The number of nitrogens with one attached hydrogen (secondary N) is 1. The molecule has 3 N–H and O–H groups in total. The molecular weight excluding hydrogens is 424 g/mol. The number of pyridine rings is 1. The Morgan fingerprint density at radius 2 is 1.76 bits per heavy atom. The second-order valence-electron chi connectivity index (χ2n) is 8.66. The summed E-state index contributed by atoms with van der Waals surface area (Å²) in [5.41, 5.74) is 9.52. The molecule has 0 aliphatic carbocycles. The number of para-hydroxylation sites is 1. The summed E-state index contributed by atoms with van der Waals surface area (Å²) in [6.45, 7) is 4.29. The van der Waals surface area contributed by atoms with Gasteiger partial charge in [-0.05, 0) is 62.2 Å². The lowest BCUT2D eigenvalue weighted by atomic mass is 10.1. The third-order valence-electron chi connectivity index (χ3n) is 6.16. The smallest absolute Gasteiger partial charge is 0.221 e. The molecule has 0 saturated carbocycles. The molecule has 0 bridgehead atoms. The van der Waals surface area contributed by atoms with Crippen LogP contribution in [-0.2, 0) is 0 Å². The number of benzene rings is 2. The standard InChI is InChI=1S/C27H30N6O/c28-27-30-19-24(26(32-27)31-22-17-21-7-2-3-8-25(21)29-18-22)20-9-11-23(12-10-20)34-16-6-15-33-13-4-1-5-14-33/h2-3,7-12,17-19H,1,4-6,13-16H2,(H3,28,30,31,32). The molecule has 0 atom stereocenters. The van der Waals surface area contributed by atoms with Gasteiger partial charge < -0.3 is 20.7 Å². The van der Waals surface area contributed by atoms with Gasteiger partial charge in [0.2, 0.25) is 5.95 Å². The highest BCUT2D eigenvalue weighted by Gasteiger charge is 2.11. The molecular formula is C27H30N6O. The fourth-order valence-corrected chi connectivity index (χ4v) is 4.37. The highest BCUT2D eigenvalue weighted by Crippen LogP contribution is 2.30. The third kappa shape index (κ3) is 5.43. The minimum atomic E-state index is 0.216. The van der Waals surface area contributed by atoms with E-state index in [0.717, 1.165) is 53.0 Å². The van der Waals surface area contributed by atoms with Crippen LogP contribution in [0.3, 0.4) is 0 Å². The lowest BCUT2D eigenvalue weighted by molar-refractivity contribution is 0.205. The lowest BCUT2D eigenvalue weighted by Crippen LogP contribution is -2.31. The van der Waals surface area contributed by atoms with Gasteiger partial charge in [0.1, 0.15) is 11.6 Å². The first kappa shape index (κ1) is 22.1. The zero-order valence-electron chi connectivity index (χ0n) is 19.3. The Labute approximate surface area is 200 Å². The van der Waals surface area contributed by atoms with E-state index in [1.165, 1.54) is 32.4 Å². The van der Waals surface area contributed by atoms with Crippen molar-refractivity contribution in [1.29, 1.82) is 0 Å². The minimum absolute atomic E-state index is 0.216. The molecule has 2 aromatic carbocycles. The van der Waals surface area contributed by atoms with Gasteiger partial charge in [0.25, 0.3) is 0 Å². The topological polar surface area (TPSA) is 89.2 Å². The number of hydrogen-bond donors (Lipinski definition) is 2. The van der Waals surface area contributed by atoms with E-state index in [1.807, 2.05) is 54.6 Å². The first-order valence-electron chi connectivity index (χ1n) is 11.9. The maximum Gasteiger partial charge on any atom is 0.221 e. The number of nitrogens with two attached hydrogens (primary N) is 1. The molecule has 7 heteroatoms. The minimum Gasteiger partial charge on any atom is -0.494 e. The zero-order chi connectivity index (χ0) is 23.2. The van der Waals surface area contributed by atoms with Gasteiger partial charge in [-0.25, -0.2) is 4.98 Å². The van der Waals surface area contributed by atoms with Crippen molar-refractivity contribution in [2.75, 3.05) is 37.3 Å². The molecule has 7 nitrogen and oxygen atoms in total. The van der Waals surface area contributed by atoms with E-state index in [2.05, 4.69) is 25.2 Å². The Morgan fingerprint density at radius 3 is 2.62 bits per heavy atom. The number of hydrogen-bond acceptors (Lipinski definition) is 7. The predicted octanol–water partition coefficient (Wildman–Crippen LogP) is 5.27. The number of fused-ring (bicyclic) bond motifs is 1. The van der Waals surface area contributed by atoms with E-state index in [9.17, 15) is 0 Å². The quantitative estimate of drug-likeness (QED) is 0.351. The maximum absolute atomic E-state index is 5.97. The van der Waals surface area contributed by atoms with Crippen molar-refractivity contribution in [3.8, 4) is 16.9 Å². The summed E-state index contributed by atoms with van der Waals surface area (Å²) < 4.78 is 5.97. The number of nitrogens with zero attached hydrogens (tertiary/aromatic N) is 4. The molecule has 5 rings (SSSR count). The Kier molecular flexibility index (Phi) is 6.81. The van der Waals surface area contributed by atoms with Gasteiger partial charge in [0.05, 0.1) is 24.0 Å². The average molecular weight is 455 g/mol. The van der Waals surface area contributed by atoms with Gasteiger partial charge in [-0.2, -0.15) is 4.98 Å². The average Bonchev–Trinajstić information content (AvgIpc) is 2.88. The first-order chi connectivity index (χ1) is 16.7. The number of piperidine rings is 1. The van der Waals surface area contributed by atoms with Crippen LogP contribution in [0.1, 0.15) is 25.7 Å². The van der Waals surface area contributed by atoms with Crippen LogP contribution in [0.4, 0.5) is 17.5 Å². The summed E-state index contributed by atoms with van der Waals surface area (Å²) in [7, 11) is 0. The molecule has 1 aliphatic heterocycles. The van der Waals surface area contributed by atoms with Crippen LogP contribution in [0.2, 0.25) is 0 Å². The molecule has 0 unspecified atom stereocenters. The molecule has 2 aromatic heterocycles. The van der Waals surface area contributed by atoms with Crippen LogP contribution in [0.25, 0.3) is 22.0 Å². The molecule has 174 valence electrons. The van der Waals surface area contributed by atoms with E-state index in [4.69, 9.17) is 10.5 Å². The molecule has 34 heavy (non-hydrogen) atoms. The number of likely N-dealkylation sites (tertiary alicyclic amines) is 1. The van der Waals surface area contributed by atoms with Gasteiger partial charge in [-0.15, -0.1) is 0 Å². The van der Waals surface area contributed by atoms with E-state index < -0.39 is 0 Å². The van der Waals surface area contributed by atoms with Gasteiger partial charge in [-0.1, -0.05) is 36.8 Å². The third-order valence-corrected chi connectivity index (χ3v) is 6.16. The predicted molar refractivity (Wildman–Crippen MR) is 137 cm³/mol. The summed E-state index contributed by atoms with van der Waals surface area (Å²) >= 11 is 0. The Bertz CT molecular complexity index is 1240. The summed E-state index contributed by atoms with van der Waals surface area (Å²) in [6, 6.07) is 18.1. The zero-order valence-corrected chi connectivity index (χ0v) is 19.3. The Morgan fingerprint density at radius 1 is 0.941 bits per heavy atom. The Balaban J connectivity index is 1.25. The molecule has 0 radical (unpaired) electrons. The normalized spacial score (nSPS) is 14.2. The molecule has 4 aromatic rings. The van der Waals surface area contributed by atoms with Gasteiger partial charge >= 0.3 is 0 Å². The maximum atomic E-state index is 5.97. The van der Waals surface area contributed by atoms with Gasteiger partial charge in [0, 0.05) is 23.7 Å². The van der Waals surface area contributed by atoms with Crippen molar-refractivity contribution in [2.24, 2.45) is 0 Å². The van der Waals surface area contributed by atoms with E-state index >= 15 is 0 Å². The summed E-state index contributed by atoms with van der Waals surface area (Å²) in [4.78, 5) is 15.7. The highest BCUT2D eigenvalue weighted by atomic mass is 16.5. The lowest BCUT2D eigenvalue weighted by Gasteiger charge is -2.26. The van der Waals surface area contributed by atoms with Gasteiger partial charge in [0.15, 0.2) is 0 Å². The van der Waals surface area contributed by atoms with Crippen molar-refractivity contribution in [3.63, 3.8) is 0 Å². The Hall–Kier alpha value is -3.71. The van der Waals surface area contributed by atoms with E-state index in [1.54, 1.807) is 12.4 Å². The summed E-state index contributed by atoms with van der Waals surface area (Å²) in [6.07, 6.45) is 8.60. The highest BCUT2D eigenvalue weighted by molar-refractivity contribution is 5.84. The van der Waals surface area contributed by atoms with E-state index in [0.29, 0.717) is 5.82 Å². The van der Waals surface area contributed by atoms with Crippen LogP contribution in [0.5, 0.6) is 5.75 Å². The fraction of sp³-hybridized carbons (Fsp3) is 0.296. The fourth-order valence-electron chi connectivity index (χ4n) is 4.37. The largest absolute Gasteiger partial charge is 0.494 e. The van der Waals surface area contributed by atoms with Crippen LogP contribution in [-0.4, -0.2) is 46.1 Å². The SMILES string of the molecule is Nc1ncc(-c2ccc(OCCCN3CCCCC3)cc2)c(Nc2cnc3ccccc3c2)n1. The summed E-state index contributed by atoms with van der Waals surface area (Å²) in [5.74, 6) is 1.72. The molecule has 1 saturated heterocycles. The summed E-state index contributed by atoms with van der Waals surface area (Å²) in [5, 5.41) is 4.42. The van der Waals surface area contributed by atoms with Gasteiger partial charge in [-0.3, -0.25) is 4.98 Å². The first-order valence-corrected chi connectivity index (χ1v) is 11.9. The van der Waals surface area contributed by atoms with Crippen molar-refractivity contribution in [3.05, 3.63) is 67.0 Å². The molecule has 1 fully saturated rings. The number of nitrogen functional groups attached to an aromatic ring is 1. The van der Waals surface area contributed by atoms with Crippen LogP contribution < -0.4 is 15.8 Å². The van der Waals surface area contributed by atoms with Crippen molar-refractivity contribution < 1.29 is 4.74 Å². The van der Waals surface area contributed by atoms with Crippen molar-refractivity contribution in [2.45, 2.75) is 25.7 Å². The second kappa shape index (κ2) is 10.5. The molecule has 0 amide bonds. The van der Waals surface area contributed by atoms with E-state index in [-0.39, 0.29) is 5.95 Å². The van der Waals surface area contributed by atoms with Crippen LogP contribution >= 0.6 is 0 Å². The molecule has 0 spiro atoms. The van der Waals surface area contributed by atoms with Crippen LogP contribution in [0.15, 0.2) is 67.0 Å². The second-order valence-corrected chi connectivity index (χ2v) is 8.66. The van der Waals surface area contributed by atoms with Crippen LogP contribution in [0, 0.1) is 0 Å². The molecule has 3 heterocycles. The monoisotopic (exact) mass is 454 g/mol. The molecule has 1 aliphatic rings. The number of ether oxygens (including phenoxy) is 1. The number of anilines is 3. The number of rotatable bonds is 8.